The van der Waals surface area contributed by atoms with Crippen molar-refractivity contribution in [2.75, 3.05) is 0 Å². The molecule has 0 aromatic heterocycles. The van der Waals surface area contributed by atoms with Crippen molar-refractivity contribution in [1.82, 2.24) is 0 Å². The number of carbonyl (C=O) groups is 4. The molecule has 0 aromatic carbocycles. The maximum atomic E-state index is 10.4. The van der Waals surface area contributed by atoms with Gasteiger partial charge in [0.2, 0.25) is 0 Å². The van der Waals surface area contributed by atoms with Crippen LogP contribution in [0.1, 0.15) is 158 Å². The van der Waals surface area contributed by atoms with Crippen molar-refractivity contribution in [3.63, 3.8) is 0 Å². The zero-order valence-electron chi connectivity index (χ0n) is 27.5. The summed E-state index contributed by atoms with van der Waals surface area (Å²) in [5.41, 5.74) is 0. The summed E-state index contributed by atoms with van der Waals surface area (Å²) >= 11 is 0. The maximum absolute atomic E-state index is 10.4. The van der Waals surface area contributed by atoms with E-state index in [4.69, 9.17) is 20.4 Å². The Morgan fingerprint density at radius 1 is 0.390 bits per heavy atom. The van der Waals surface area contributed by atoms with Gasteiger partial charge in [0.05, 0.1) is 23.7 Å². The van der Waals surface area contributed by atoms with E-state index < -0.39 is 23.9 Å². The quantitative estimate of drug-likeness (QED) is 0.100. The Morgan fingerprint density at radius 2 is 0.537 bits per heavy atom. The summed E-state index contributed by atoms with van der Waals surface area (Å²) in [5, 5.41) is 34.4. The molecule has 0 aliphatic rings. The van der Waals surface area contributed by atoms with Crippen molar-refractivity contribution in [2.45, 2.75) is 158 Å². The van der Waals surface area contributed by atoms with Gasteiger partial charge >= 0.3 is 50.1 Å². The summed E-state index contributed by atoms with van der Waals surface area (Å²) in [7, 11) is 0. The van der Waals surface area contributed by atoms with Crippen LogP contribution in [0.25, 0.3) is 0 Å². The zero-order chi connectivity index (χ0) is 31.9. The van der Waals surface area contributed by atoms with Gasteiger partial charge in [-0.1, -0.05) is 107 Å². The molecule has 0 spiro atoms. The monoisotopic (exact) mass is 666 g/mol. The van der Waals surface area contributed by atoms with Gasteiger partial charge in [-0.2, -0.15) is 0 Å². The standard InChI is InChI=1S/4C8H16O2.Zr/c4*1-3-5-6-7(4-2)8(9)10;/h4*7H,3-6H2,1-2H3,(H,9,10);/q;;;;+4. The van der Waals surface area contributed by atoms with E-state index in [0.29, 0.717) is 0 Å². The molecule has 0 aliphatic heterocycles. The van der Waals surface area contributed by atoms with Crippen molar-refractivity contribution >= 4 is 23.9 Å². The minimum Gasteiger partial charge on any atom is -0.481 e. The van der Waals surface area contributed by atoms with Crippen LogP contribution >= 0.6 is 0 Å². The van der Waals surface area contributed by atoms with E-state index in [-0.39, 0.29) is 49.9 Å². The molecule has 0 aliphatic carbocycles. The molecule has 0 rings (SSSR count). The van der Waals surface area contributed by atoms with E-state index in [0.717, 1.165) is 103 Å². The molecule has 8 nitrogen and oxygen atoms in total. The molecule has 0 amide bonds. The Labute approximate surface area is 270 Å². The van der Waals surface area contributed by atoms with Crippen molar-refractivity contribution in [1.29, 1.82) is 0 Å². The number of hydrogen-bond donors (Lipinski definition) is 4. The van der Waals surface area contributed by atoms with Gasteiger partial charge in [-0.05, 0) is 51.4 Å². The summed E-state index contributed by atoms with van der Waals surface area (Å²) in [5.74, 6) is -3.02. The molecule has 0 heterocycles. The Bertz CT molecular complexity index is 509. The number of hydrogen-bond acceptors (Lipinski definition) is 4. The van der Waals surface area contributed by atoms with Gasteiger partial charge in [-0.3, -0.25) is 19.2 Å². The zero-order valence-corrected chi connectivity index (χ0v) is 30.0. The molecule has 240 valence electrons. The fourth-order valence-electron chi connectivity index (χ4n) is 3.81. The minimum absolute atomic E-state index is 0. The number of carboxylic acid groups (broad SMARTS) is 4. The van der Waals surface area contributed by atoms with Gasteiger partial charge in [0.1, 0.15) is 0 Å². The van der Waals surface area contributed by atoms with Gasteiger partial charge in [-0.25, -0.2) is 0 Å². The predicted molar refractivity (Wildman–Crippen MR) is 164 cm³/mol. The number of unbranched alkanes of at least 4 members (excludes halogenated alkanes) is 4. The van der Waals surface area contributed by atoms with E-state index in [1.807, 2.05) is 27.7 Å². The van der Waals surface area contributed by atoms with Crippen LogP contribution in [-0.2, 0) is 45.4 Å². The summed E-state index contributed by atoms with van der Waals surface area (Å²) in [4.78, 5) is 41.7. The summed E-state index contributed by atoms with van der Waals surface area (Å²) in [6.45, 7) is 16.0. The van der Waals surface area contributed by atoms with Gasteiger partial charge in [-0.15, -0.1) is 0 Å². The SMILES string of the molecule is CCCCC(CC)C(=O)O.CCCCC(CC)C(=O)O.CCCCC(CC)C(=O)O.CCCCC(CC)C(=O)O.[Zr+4]. The first kappa shape index (κ1) is 49.4. The molecule has 0 aromatic rings. The molecule has 9 heteroatoms. The van der Waals surface area contributed by atoms with Crippen LogP contribution in [-0.4, -0.2) is 44.3 Å². The molecule has 41 heavy (non-hydrogen) atoms. The van der Waals surface area contributed by atoms with Gasteiger partial charge in [0.15, 0.2) is 0 Å². The van der Waals surface area contributed by atoms with Crippen LogP contribution in [0.2, 0.25) is 0 Å². The van der Waals surface area contributed by atoms with Crippen LogP contribution in [0.4, 0.5) is 0 Å². The largest absolute Gasteiger partial charge is 4.00 e. The Balaban J connectivity index is -0.000000139. The summed E-state index contributed by atoms with van der Waals surface area (Å²) in [6, 6.07) is 0. The fourth-order valence-corrected chi connectivity index (χ4v) is 3.81. The molecule has 0 bridgehead atoms. The molecular formula is C32H64O8Zr+4. The Hall–Kier alpha value is -1.24. The van der Waals surface area contributed by atoms with Gasteiger partial charge in [0.25, 0.3) is 0 Å². The average molecular weight is 668 g/mol. The first-order chi connectivity index (χ1) is 18.9. The third-order valence-corrected chi connectivity index (χ3v) is 6.99. The van der Waals surface area contributed by atoms with Crippen LogP contribution in [0.3, 0.4) is 0 Å². The second kappa shape index (κ2) is 36.8. The molecule has 4 N–H and O–H groups in total. The van der Waals surface area contributed by atoms with Crippen LogP contribution in [0.15, 0.2) is 0 Å². The van der Waals surface area contributed by atoms with Crippen molar-refractivity contribution in [3.05, 3.63) is 0 Å². The third kappa shape index (κ3) is 34.9. The number of aliphatic carboxylic acids is 4. The molecular weight excluding hydrogens is 604 g/mol. The van der Waals surface area contributed by atoms with E-state index in [1.54, 1.807) is 0 Å². The van der Waals surface area contributed by atoms with Crippen molar-refractivity contribution in [3.8, 4) is 0 Å². The van der Waals surface area contributed by atoms with E-state index in [2.05, 4.69) is 27.7 Å². The number of carboxylic acids is 4. The van der Waals surface area contributed by atoms with Gasteiger partial charge in [0, 0.05) is 0 Å². The molecule has 0 saturated heterocycles. The summed E-state index contributed by atoms with van der Waals surface area (Å²) in [6.07, 6.45) is 14.9. The molecule has 0 fully saturated rings. The normalized spacial score (nSPS) is 12.7. The first-order valence-corrected chi connectivity index (χ1v) is 15.8. The number of rotatable bonds is 20. The topological polar surface area (TPSA) is 149 Å². The fraction of sp³-hybridized carbons (Fsp3) is 0.875. The molecule has 0 saturated carbocycles. The average Bonchev–Trinajstić information content (AvgIpc) is 2.91. The third-order valence-electron chi connectivity index (χ3n) is 6.99. The minimum atomic E-state index is -0.643. The van der Waals surface area contributed by atoms with Crippen molar-refractivity contribution in [2.24, 2.45) is 23.7 Å². The Morgan fingerprint density at radius 3 is 0.610 bits per heavy atom. The predicted octanol–water partition coefficient (Wildman–Crippen LogP) is 9.15. The van der Waals surface area contributed by atoms with E-state index in [1.165, 1.54) is 0 Å². The van der Waals surface area contributed by atoms with Crippen molar-refractivity contribution < 1.29 is 65.8 Å². The van der Waals surface area contributed by atoms with Crippen LogP contribution in [0.5, 0.6) is 0 Å². The second-order valence-electron chi connectivity index (χ2n) is 10.3. The van der Waals surface area contributed by atoms with Gasteiger partial charge < -0.3 is 20.4 Å². The maximum Gasteiger partial charge on any atom is 4.00 e. The molecule has 4 unspecified atom stereocenters. The van der Waals surface area contributed by atoms with Crippen LogP contribution in [0, 0.1) is 23.7 Å². The molecule has 4 atom stereocenters. The molecule has 0 radical (unpaired) electrons. The summed E-state index contributed by atoms with van der Waals surface area (Å²) < 4.78 is 0. The smallest absolute Gasteiger partial charge is 0.481 e. The van der Waals surface area contributed by atoms with E-state index in [9.17, 15) is 19.2 Å². The second-order valence-corrected chi connectivity index (χ2v) is 10.3. The van der Waals surface area contributed by atoms with E-state index >= 15 is 0 Å². The first-order valence-electron chi connectivity index (χ1n) is 15.8. The Kier molecular flexibility index (Phi) is 44.4. The van der Waals surface area contributed by atoms with Crippen LogP contribution < -0.4 is 0 Å².